The van der Waals surface area contributed by atoms with E-state index in [9.17, 15) is 9.59 Å². The molecule has 1 N–H and O–H groups in total. The van der Waals surface area contributed by atoms with Crippen molar-refractivity contribution in [3.63, 3.8) is 0 Å². The number of carbonyl (C=O) groups excluding carboxylic acids is 1. The summed E-state index contributed by atoms with van der Waals surface area (Å²) in [6.07, 6.45) is 2.49. The van der Waals surface area contributed by atoms with Crippen LogP contribution in [0.4, 0.5) is 0 Å². The van der Waals surface area contributed by atoms with E-state index in [2.05, 4.69) is 4.90 Å². The molecular formula is C14H24N2O3. The number of hydrogen-bond acceptors (Lipinski definition) is 3. The van der Waals surface area contributed by atoms with E-state index in [1.807, 2.05) is 13.8 Å². The van der Waals surface area contributed by atoms with Crippen molar-refractivity contribution < 1.29 is 14.7 Å². The zero-order chi connectivity index (χ0) is 14.2. The van der Waals surface area contributed by atoms with Crippen LogP contribution in [0.3, 0.4) is 0 Å². The molecule has 2 rings (SSSR count). The first-order chi connectivity index (χ1) is 8.85. The predicted molar refractivity (Wildman–Crippen MR) is 71.7 cm³/mol. The van der Waals surface area contributed by atoms with E-state index in [0.717, 1.165) is 19.6 Å². The maximum atomic E-state index is 12.3. The fraction of sp³-hybridized carbons (Fsp3) is 0.857. The van der Waals surface area contributed by atoms with Gasteiger partial charge < -0.3 is 14.9 Å². The molecule has 0 spiro atoms. The molecule has 1 heterocycles. The Bertz CT molecular complexity index is 375. The third-order valence-corrected chi connectivity index (χ3v) is 4.69. The summed E-state index contributed by atoms with van der Waals surface area (Å²) in [5.74, 6) is -1.74. The average molecular weight is 268 g/mol. The highest BCUT2D eigenvalue weighted by Gasteiger charge is 2.66. The molecule has 0 aromatic rings. The molecule has 5 nitrogen and oxygen atoms in total. The van der Waals surface area contributed by atoms with Gasteiger partial charge in [-0.2, -0.15) is 0 Å². The highest BCUT2D eigenvalue weighted by molar-refractivity contribution is 5.91. The summed E-state index contributed by atoms with van der Waals surface area (Å²) < 4.78 is 0. The van der Waals surface area contributed by atoms with Gasteiger partial charge in [-0.25, -0.2) is 0 Å². The van der Waals surface area contributed by atoms with Gasteiger partial charge in [0.25, 0.3) is 0 Å². The lowest BCUT2D eigenvalue weighted by Gasteiger charge is -2.22. The predicted octanol–water partition coefficient (Wildman–Crippen LogP) is 0.897. The molecule has 2 atom stereocenters. The molecule has 108 valence electrons. The molecule has 1 aliphatic heterocycles. The van der Waals surface area contributed by atoms with Crippen molar-refractivity contribution in [2.45, 2.75) is 26.7 Å². The number of aliphatic carboxylic acids is 1. The number of amides is 1. The minimum atomic E-state index is -0.851. The second kappa shape index (κ2) is 5.12. The van der Waals surface area contributed by atoms with Gasteiger partial charge in [0.15, 0.2) is 0 Å². The minimum Gasteiger partial charge on any atom is -0.481 e. The quantitative estimate of drug-likeness (QED) is 0.804. The van der Waals surface area contributed by atoms with E-state index in [1.54, 1.807) is 11.9 Å². The third kappa shape index (κ3) is 2.76. The van der Waals surface area contributed by atoms with Crippen LogP contribution in [0.15, 0.2) is 0 Å². The molecule has 1 saturated heterocycles. The maximum Gasteiger partial charge on any atom is 0.307 e. The summed E-state index contributed by atoms with van der Waals surface area (Å²) in [6.45, 7) is 7.56. The van der Waals surface area contributed by atoms with Crippen molar-refractivity contribution in [2.24, 2.45) is 17.3 Å². The van der Waals surface area contributed by atoms with Crippen LogP contribution in [0.2, 0.25) is 0 Å². The number of rotatable bonds is 5. The van der Waals surface area contributed by atoms with Crippen molar-refractivity contribution >= 4 is 11.9 Å². The van der Waals surface area contributed by atoms with Crippen molar-refractivity contribution in [3.05, 3.63) is 0 Å². The molecule has 2 aliphatic rings. The SMILES string of the molecule is CN(CCN1CCCC1)C(=O)C1C(C(=O)O)C1(C)C. The molecule has 1 saturated carbocycles. The summed E-state index contributed by atoms with van der Waals surface area (Å²) in [5, 5.41) is 9.11. The van der Waals surface area contributed by atoms with Gasteiger partial charge in [-0.15, -0.1) is 0 Å². The lowest BCUT2D eigenvalue weighted by Crippen LogP contribution is -2.36. The summed E-state index contributed by atoms with van der Waals surface area (Å²) >= 11 is 0. The van der Waals surface area contributed by atoms with Crippen molar-refractivity contribution in [3.8, 4) is 0 Å². The maximum absolute atomic E-state index is 12.3. The van der Waals surface area contributed by atoms with Crippen LogP contribution in [-0.2, 0) is 9.59 Å². The van der Waals surface area contributed by atoms with Crippen LogP contribution in [0, 0.1) is 17.3 Å². The van der Waals surface area contributed by atoms with E-state index in [-0.39, 0.29) is 11.8 Å². The Balaban J connectivity index is 1.84. The van der Waals surface area contributed by atoms with Crippen LogP contribution in [0.5, 0.6) is 0 Å². The first-order valence-electron chi connectivity index (χ1n) is 7.06. The van der Waals surface area contributed by atoms with Gasteiger partial charge in [0.1, 0.15) is 0 Å². The fourth-order valence-corrected chi connectivity index (χ4v) is 3.20. The molecule has 5 heteroatoms. The Morgan fingerprint density at radius 3 is 2.32 bits per heavy atom. The molecule has 1 amide bonds. The van der Waals surface area contributed by atoms with Crippen LogP contribution in [-0.4, -0.2) is 60.0 Å². The zero-order valence-corrected chi connectivity index (χ0v) is 12.1. The fourth-order valence-electron chi connectivity index (χ4n) is 3.20. The molecule has 0 bridgehead atoms. The summed E-state index contributed by atoms with van der Waals surface area (Å²) in [7, 11) is 1.78. The standard InChI is InChI=1S/C14H24N2O3/c1-14(2)10(11(14)13(18)19)12(17)15(3)8-9-16-6-4-5-7-16/h10-11H,4-9H2,1-3H3,(H,18,19). The number of carboxylic acid groups (broad SMARTS) is 1. The number of hydrogen-bond donors (Lipinski definition) is 1. The Morgan fingerprint density at radius 2 is 1.84 bits per heavy atom. The van der Waals surface area contributed by atoms with Crippen molar-refractivity contribution in [1.82, 2.24) is 9.80 Å². The highest BCUT2D eigenvalue weighted by Crippen LogP contribution is 2.58. The normalized spacial score (nSPS) is 29.2. The molecule has 0 aromatic heterocycles. The van der Waals surface area contributed by atoms with E-state index in [1.165, 1.54) is 12.8 Å². The summed E-state index contributed by atoms with van der Waals surface area (Å²) in [4.78, 5) is 27.4. The van der Waals surface area contributed by atoms with Gasteiger partial charge >= 0.3 is 5.97 Å². The van der Waals surface area contributed by atoms with Crippen molar-refractivity contribution in [1.29, 1.82) is 0 Å². The van der Waals surface area contributed by atoms with Gasteiger partial charge in [0.2, 0.25) is 5.91 Å². The molecule has 0 aromatic carbocycles. The second-order valence-electron chi connectivity index (χ2n) is 6.42. The van der Waals surface area contributed by atoms with Gasteiger partial charge in [0.05, 0.1) is 11.8 Å². The largest absolute Gasteiger partial charge is 0.481 e. The van der Waals surface area contributed by atoms with Crippen LogP contribution < -0.4 is 0 Å². The second-order valence-corrected chi connectivity index (χ2v) is 6.42. The minimum absolute atomic E-state index is 0.0170. The molecule has 2 fully saturated rings. The summed E-state index contributed by atoms with van der Waals surface area (Å²) in [5.41, 5.74) is -0.398. The lowest BCUT2D eigenvalue weighted by molar-refractivity contribution is -0.141. The van der Waals surface area contributed by atoms with Gasteiger partial charge in [-0.1, -0.05) is 13.8 Å². The molecule has 2 unspecified atom stereocenters. The number of carboxylic acids is 1. The van der Waals surface area contributed by atoms with Gasteiger partial charge in [-0.05, 0) is 31.3 Å². The highest BCUT2D eigenvalue weighted by atomic mass is 16.4. The van der Waals surface area contributed by atoms with E-state index in [4.69, 9.17) is 5.11 Å². The first-order valence-corrected chi connectivity index (χ1v) is 7.06. The third-order valence-electron chi connectivity index (χ3n) is 4.69. The monoisotopic (exact) mass is 268 g/mol. The average Bonchev–Trinajstić information content (AvgIpc) is 2.73. The number of likely N-dealkylation sites (N-methyl/N-ethyl adjacent to an activating group) is 1. The zero-order valence-electron chi connectivity index (χ0n) is 12.1. The molecule has 19 heavy (non-hydrogen) atoms. The summed E-state index contributed by atoms with van der Waals surface area (Å²) in [6, 6.07) is 0. The first kappa shape index (κ1) is 14.3. The number of carbonyl (C=O) groups is 2. The van der Waals surface area contributed by atoms with Crippen LogP contribution in [0.1, 0.15) is 26.7 Å². The Kier molecular flexibility index (Phi) is 3.85. The Labute approximate surface area is 114 Å². The number of likely N-dealkylation sites (tertiary alicyclic amines) is 1. The van der Waals surface area contributed by atoms with E-state index in [0.29, 0.717) is 6.54 Å². The Hall–Kier alpha value is -1.10. The van der Waals surface area contributed by atoms with E-state index < -0.39 is 17.3 Å². The smallest absolute Gasteiger partial charge is 0.307 e. The van der Waals surface area contributed by atoms with Gasteiger partial charge in [0, 0.05) is 20.1 Å². The van der Waals surface area contributed by atoms with Crippen molar-refractivity contribution in [2.75, 3.05) is 33.2 Å². The molecular weight excluding hydrogens is 244 g/mol. The molecule has 0 radical (unpaired) electrons. The van der Waals surface area contributed by atoms with Crippen LogP contribution in [0.25, 0.3) is 0 Å². The van der Waals surface area contributed by atoms with E-state index >= 15 is 0 Å². The Morgan fingerprint density at radius 1 is 1.26 bits per heavy atom. The lowest BCUT2D eigenvalue weighted by atomic mass is 10.1. The van der Waals surface area contributed by atoms with Gasteiger partial charge in [-0.3, -0.25) is 9.59 Å². The molecule has 1 aliphatic carbocycles. The number of nitrogens with zero attached hydrogens (tertiary/aromatic N) is 2. The topological polar surface area (TPSA) is 60.9 Å². The van der Waals surface area contributed by atoms with Crippen LogP contribution >= 0.6 is 0 Å².